The third-order valence-electron chi connectivity index (χ3n) is 4.09. The summed E-state index contributed by atoms with van der Waals surface area (Å²) in [5.41, 5.74) is -0.248. The molecular weight excluding hydrogens is 340 g/mol. The minimum Gasteiger partial charge on any atom is -0.383 e. The molecule has 0 fully saturated rings. The zero-order valence-corrected chi connectivity index (χ0v) is 14.7. The van der Waals surface area contributed by atoms with Crippen LogP contribution in [0.2, 0.25) is 0 Å². The molecular formula is C20H21F2NO3. The Morgan fingerprint density at radius 3 is 2.35 bits per heavy atom. The summed E-state index contributed by atoms with van der Waals surface area (Å²) in [6.45, 7) is 2.98. The van der Waals surface area contributed by atoms with Gasteiger partial charge in [-0.05, 0) is 19.9 Å². The molecule has 2 aromatic rings. The van der Waals surface area contributed by atoms with Crippen LogP contribution < -0.4 is 5.32 Å². The minimum absolute atomic E-state index is 0.0297. The van der Waals surface area contributed by atoms with Gasteiger partial charge < -0.3 is 10.4 Å². The monoisotopic (exact) mass is 361 g/mol. The number of ketones is 1. The first-order valence-electron chi connectivity index (χ1n) is 8.23. The number of amides is 1. The van der Waals surface area contributed by atoms with Gasteiger partial charge in [0.15, 0.2) is 5.78 Å². The van der Waals surface area contributed by atoms with E-state index < -0.39 is 23.1 Å². The average molecular weight is 361 g/mol. The van der Waals surface area contributed by atoms with Crippen molar-refractivity contribution in [1.82, 2.24) is 5.32 Å². The Morgan fingerprint density at radius 1 is 1.08 bits per heavy atom. The summed E-state index contributed by atoms with van der Waals surface area (Å²) in [7, 11) is 0. The van der Waals surface area contributed by atoms with Crippen LogP contribution in [0.25, 0.3) is 0 Å². The summed E-state index contributed by atoms with van der Waals surface area (Å²) in [5.74, 6) is -2.23. The van der Waals surface area contributed by atoms with Crippen LogP contribution in [-0.4, -0.2) is 23.3 Å². The van der Waals surface area contributed by atoms with Crippen molar-refractivity contribution in [3.63, 3.8) is 0 Å². The Labute approximate surface area is 150 Å². The number of hydrogen-bond donors (Lipinski definition) is 2. The number of aliphatic hydroxyl groups is 1. The third kappa shape index (κ3) is 5.20. The van der Waals surface area contributed by atoms with Crippen LogP contribution in [0.4, 0.5) is 8.78 Å². The summed E-state index contributed by atoms with van der Waals surface area (Å²) in [6.07, 6.45) is -0.0172. The summed E-state index contributed by atoms with van der Waals surface area (Å²) in [5, 5.41) is 12.8. The second-order valence-electron chi connectivity index (χ2n) is 6.46. The predicted molar refractivity (Wildman–Crippen MR) is 93.7 cm³/mol. The van der Waals surface area contributed by atoms with E-state index in [1.54, 1.807) is 12.1 Å². The third-order valence-corrected chi connectivity index (χ3v) is 4.09. The quantitative estimate of drug-likeness (QED) is 0.744. The van der Waals surface area contributed by atoms with Gasteiger partial charge in [-0.25, -0.2) is 8.78 Å². The normalized spacial score (nSPS) is 13.1. The van der Waals surface area contributed by atoms with Crippen molar-refractivity contribution in [1.29, 1.82) is 0 Å². The largest absolute Gasteiger partial charge is 0.383 e. The topological polar surface area (TPSA) is 66.4 Å². The molecule has 1 atom stereocenters. The molecule has 26 heavy (non-hydrogen) atoms. The average Bonchev–Trinajstić information content (AvgIpc) is 2.58. The molecule has 0 aliphatic heterocycles. The number of benzene rings is 2. The minimum atomic E-state index is -1.70. The molecule has 0 saturated carbocycles. The van der Waals surface area contributed by atoms with Crippen LogP contribution in [0.1, 0.15) is 41.3 Å². The van der Waals surface area contributed by atoms with Gasteiger partial charge in [-0.15, -0.1) is 0 Å². The molecule has 0 heterocycles. The first-order chi connectivity index (χ1) is 12.2. The number of halogens is 2. The molecule has 0 radical (unpaired) electrons. The number of carbonyl (C=O) groups is 2. The molecule has 1 unspecified atom stereocenters. The molecule has 0 aliphatic carbocycles. The highest BCUT2D eigenvalue weighted by Crippen LogP contribution is 2.23. The molecule has 138 valence electrons. The zero-order valence-electron chi connectivity index (χ0n) is 14.7. The summed E-state index contributed by atoms with van der Waals surface area (Å²) < 4.78 is 26.7. The van der Waals surface area contributed by atoms with E-state index in [1.165, 1.54) is 6.92 Å². The van der Waals surface area contributed by atoms with Crippen molar-refractivity contribution in [2.45, 2.75) is 32.3 Å². The van der Waals surface area contributed by atoms with Crippen molar-refractivity contribution in [3.8, 4) is 0 Å². The fraction of sp³-hybridized carbons (Fsp3) is 0.300. The van der Waals surface area contributed by atoms with Crippen LogP contribution in [0.15, 0.2) is 42.5 Å². The Hall–Kier alpha value is -2.60. The Balaban J connectivity index is 1.87. The number of nitrogens with one attached hydrogen (secondary N) is 1. The smallest absolute Gasteiger partial charge is 0.220 e. The maximum atomic E-state index is 13.8. The molecule has 0 aromatic heterocycles. The predicted octanol–water partition coefficient (Wildman–Crippen LogP) is 3.26. The lowest BCUT2D eigenvalue weighted by atomic mass is 9.95. The van der Waals surface area contributed by atoms with E-state index in [0.29, 0.717) is 11.6 Å². The molecule has 0 aliphatic rings. The SMILES string of the molecule is Cc1ccc(C(=O)CCC(=O)NCC(C)(O)c2ccc(F)cc2F)cc1. The number of aryl methyl sites for hydroxylation is 1. The summed E-state index contributed by atoms with van der Waals surface area (Å²) in [6, 6.07) is 9.90. The molecule has 6 heteroatoms. The molecule has 0 spiro atoms. The van der Waals surface area contributed by atoms with E-state index >= 15 is 0 Å². The van der Waals surface area contributed by atoms with Gasteiger partial charge in [0.1, 0.15) is 17.2 Å². The molecule has 1 amide bonds. The van der Waals surface area contributed by atoms with Crippen LogP contribution in [0.5, 0.6) is 0 Å². The molecule has 2 aromatic carbocycles. The molecule has 4 nitrogen and oxygen atoms in total. The van der Waals surface area contributed by atoms with Crippen molar-refractivity contribution < 1.29 is 23.5 Å². The lowest BCUT2D eigenvalue weighted by Gasteiger charge is -2.24. The van der Waals surface area contributed by atoms with E-state index in [9.17, 15) is 23.5 Å². The highest BCUT2D eigenvalue weighted by molar-refractivity contribution is 5.97. The van der Waals surface area contributed by atoms with Crippen LogP contribution >= 0.6 is 0 Å². The first-order valence-corrected chi connectivity index (χ1v) is 8.23. The van der Waals surface area contributed by atoms with Crippen molar-refractivity contribution >= 4 is 11.7 Å². The lowest BCUT2D eigenvalue weighted by Crippen LogP contribution is -2.39. The zero-order chi connectivity index (χ0) is 19.3. The summed E-state index contributed by atoms with van der Waals surface area (Å²) >= 11 is 0. The first kappa shape index (κ1) is 19.7. The Bertz CT molecular complexity index is 801. The van der Waals surface area contributed by atoms with Gasteiger partial charge in [-0.3, -0.25) is 9.59 Å². The van der Waals surface area contributed by atoms with Crippen LogP contribution in [0.3, 0.4) is 0 Å². The van der Waals surface area contributed by atoms with E-state index in [0.717, 1.165) is 17.7 Å². The van der Waals surface area contributed by atoms with E-state index in [2.05, 4.69) is 5.32 Å². The standard InChI is InChI=1S/C20H21F2NO3/c1-13-3-5-14(6-4-13)18(24)9-10-19(25)23-12-20(2,26)16-8-7-15(21)11-17(16)22/h3-8,11,26H,9-10,12H2,1-2H3,(H,23,25). The van der Waals surface area contributed by atoms with E-state index in [-0.39, 0.29) is 30.7 Å². The second kappa shape index (κ2) is 8.19. The van der Waals surface area contributed by atoms with Gasteiger partial charge in [0.2, 0.25) is 5.91 Å². The molecule has 0 bridgehead atoms. The lowest BCUT2D eigenvalue weighted by molar-refractivity contribution is -0.122. The number of rotatable bonds is 7. The van der Waals surface area contributed by atoms with E-state index in [1.807, 2.05) is 19.1 Å². The van der Waals surface area contributed by atoms with Crippen molar-refractivity contribution in [2.24, 2.45) is 0 Å². The number of carbonyl (C=O) groups excluding carboxylic acids is 2. The van der Waals surface area contributed by atoms with Crippen LogP contribution in [0, 0.1) is 18.6 Å². The number of hydrogen-bond acceptors (Lipinski definition) is 3. The van der Waals surface area contributed by atoms with Gasteiger partial charge in [0.05, 0.1) is 6.54 Å². The highest BCUT2D eigenvalue weighted by Gasteiger charge is 2.27. The molecule has 2 rings (SSSR count). The Morgan fingerprint density at radius 2 is 1.73 bits per heavy atom. The maximum absolute atomic E-state index is 13.8. The van der Waals surface area contributed by atoms with Gasteiger partial charge in [-0.2, -0.15) is 0 Å². The van der Waals surface area contributed by atoms with E-state index in [4.69, 9.17) is 0 Å². The maximum Gasteiger partial charge on any atom is 0.220 e. The van der Waals surface area contributed by atoms with Gasteiger partial charge in [-0.1, -0.05) is 35.9 Å². The second-order valence-corrected chi connectivity index (χ2v) is 6.46. The van der Waals surface area contributed by atoms with Crippen LogP contribution in [-0.2, 0) is 10.4 Å². The fourth-order valence-corrected chi connectivity index (χ4v) is 2.49. The van der Waals surface area contributed by atoms with Crippen molar-refractivity contribution in [3.05, 3.63) is 70.8 Å². The highest BCUT2D eigenvalue weighted by atomic mass is 19.1. The fourth-order valence-electron chi connectivity index (χ4n) is 2.49. The van der Waals surface area contributed by atoms with Crippen molar-refractivity contribution in [2.75, 3.05) is 6.54 Å². The van der Waals surface area contributed by atoms with Gasteiger partial charge in [0.25, 0.3) is 0 Å². The molecule has 0 saturated heterocycles. The number of Topliss-reactive ketones (excluding diaryl/α,β-unsaturated/α-hetero) is 1. The summed E-state index contributed by atoms with van der Waals surface area (Å²) in [4.78, 5) is 24.0. The molecule has 2 N–H and O–H groups in total. The van der Waals surface area contributed by atoms with Gasteiger partial charge in [0, 0.05) is 30.0 Å². The Kier molecular flexibility index (Phi) is 6.21. The van der Waals surface area contributed by atoms with Gasteiger partial charge >= 0.3 is 0 Å².